The first-order chi connectivity index (χ1) is 19.2. The van der Waals surface area contributed by atoms with E-state index in [9.17, 15) is 24.6 Å². The topological polar surface area (TPSA) is 140 Å². The molecule has 10 heteroatoms. The Balaban J connectivity index is 1.59. The standard InChI is InChI=1S/C30H40N4O6/c1-19(35)27-29(38)33-24(18-20-9-13-23(36)14-10-20)28(37)32-15-5-7-21-6-3-4-8-25(21)40-17-16-31-26(22-11-12-22)30(39)34(27)2/h3-4,6,8-10,13-14,19,22,24,26-27,31,35-36H,5,7,11-12,15-18H2,1-2H3,(H,32,37)(H,33,38)/t19?,24-,26+,27+/m1/s1. The smallest absolute Gasteiger partial charge is 0.246 e. The highest BCUT2D eigenvalue weighted by atomic mass is 16.5. The molecule has 4 rings (SSSR count). The van der Waals surface area contributed by atoms with Crippen molar-refractivity contribution >= 4 is 17.7 Å². The van der Waals surface area contributed by atoms with E-state index in [1.165, 1.54) is 31.0 Å². The van der Waals surface area contributed by atoms with E-state index in [1.807, 2.05) is 24.3 Å². The van der Waals surface area contributed by atoms with E-state index < -0.39 is 30.1 Å². The molecule has 40 heavy (non-hydrogen) atoms. The Morgan fingerprint density at radius 1 is 1.02 bits per heavy atom. The monoisotopic (exact) mass is 552 g/mol. The number of phenols is 1. The summed E-state index contributed by atoms with van der Waals surface area (Å²) < 4.78 is 6.04. The largest absolute Gasteiger partial charge is 0.508 e. The molecule has 1 aliphatic heterocycles. The average Bonchev–Trinajstić information content (AvgIpc) is 3.77. The average molecular weight is 553 g/mol. The van der Waals surface area contributed by atoms with Gasteiger partial charge in [0, 0.05) is 26.6 Å². The lowest BCUT2D eigenvalue weighted by Gasteiger charge is -2.33. The molecule has 10 nitrogen and oxygen atoms in total. The summed E-state index contributed by atoms with van der Waals surface area (Å²) in [5.74, 6) is -0.252. The second kappa shape index (κ2) is 13.6. The fourth-order valence-corrected chi connectivity index (χ4v) is 5.13. The maximum Gasteiger partial charge on any atom is 0.246 e. The van der Waals surface area contributed by atoms with Crippen LogP contribution in [0.3, 0.4) is 0 Å². The molecule has 0 spiro atoms. The van der Waals surface area contributed by atoms with Crippen LogP contribution in [0.5, 0.6) is 11.5 Å². The summed E-state index contributed by atoms with van der Waals surface area (Å²) in [7, 11) is 1.51. The highest BCUT2D eigenvalue weighted by Gasteiger charge is 2.41. The van der Waals surface area contributed by atoms with Crippen LogP contribution in [-0.2, 0) is 27.2 Å². The number of fused-ring (bicyclic) bond motifs is 1. The predicted molar refractivity (Wildman–Crippen MR) is 150 cm³/mol. The number of ether oxygens (including phenoxy) is 1. The van der Waals surface area contributed by atoms with Crippen LogP contribution in [-0.4, -0.2) is 83.8 Å². The van der Waals surface area contributed by atoms with Gasteiger partial charge in [0.15, 0.2) is 0 Å². The zero-order chi connectivity index (χ0) is 28.6. The summed E-state index contributed by atoms with van der Waals surface area (Å²) in [5.41, 5.74) is 1.77. The molecule has 2 aliphatic rings. The lowest BCUT2D eigenvalue weighted by molar-refractivity contribution is -0.145. The number of likely N-dealkylation sites (N-methyl/N-ethyl adjacent to an activating group) is 1. The summed E-state index contributed by atoms with van der Waals surface area (Å²) in [4.78, 5) is 41.7. The number of nitrogens with zero attached hydrogens (tertiary/aromatic N) is 1. The van der Waals surface area contributed by atoms with Crippen molar-refractivity contribution in [2.24, 2.45) is 5.92 Å². The third-order valence-electron chi connectivity index (χ3n) is 7.48. The quantitative estimate of drug-likeness (QED) is 0.383. The normalized spacial score (nSPS) is 24.5. The summed E-state index contributed by atoms with van der Waals surface area (Å²) in [6.45, 7) is 2.66. The molecule has 1 fully saturated rings. The van der Waals surface area contributed by atoms with Gasteiger partial charge in [0.05, 0.1) is 12.1 Å². The van der Waals surface area contributed by atoms with Gasteiger partial charge in [-0.1, -0.05) is 30.3 Å². The van der Waals surface area contributed by atoms with E-state index in [0.717, 1.165) is 29.7 Å². The molecule has 1 unspecified atom stereocenters. The van der Waals surface area contributed by atoms with Crippen LogP contribution in [0.25, 0.3) is 0 Å². The van der Waals surface area contributed by atoms with Gasteiger partial charge in [-0.2, -0.15) is 0 Å². The molecular weight excluding hydrogens is 512 g/mol. The van der Waals surface area contributed by atoms with Gasteiger partial charge in [0.25, 0.3) is 0 Å². The van der Waals surface area contributed by atoms with Gasteiger partial charge in [0.1, 0.15) is 30.2 Å². The first-order valence-corrected chi connectivity index (χ1v) is 14.0. The van der Waals surface area contributed by atoms with E-state index in [2.05, 4.69) is 16.0 Å². The van der Waals surface area contributed by atoms with Crippen molar-refractivity contribution in [2.45, 2.75) is 63.3 Å². The van der Waals surface area contributed by atoms with Gasteiger partial charge >= 0.3 is 0 Å². The van der Waals surface area contributed by atoms with Crippen LogP contribution in [0.4, 0.5) is 0 Å². The van der Waals surface area contributed by atoms with E-state index in [1.54, 1.807) is 12.1 Å². The number of aromatic hydroxyl groups is 1. The molecule has 5 N–H and O–H groups in total. The van der Waals surface area contributed by atoms with Gasteiger partial charge in [-0.3, -0.25) is 14.4 Å². The number of benzene rings is 2. The lowest BCUT2D eigenvalue weighted by Crippen LogP contribution is -2.60. The zero-order valence-corrected chi connectivity index (χ0v) is 23.1. The minimum absolute atomic E-state index is 0.0966. The minimum atomic E-state index is -1.19. The molecule has 4 atom stereocenters. The SMILES string of the molecule is CC(O)[C@H]1C(=O)N[C@H](Cc2ccc(O)cc2)C(=O)NCCCc2ccccc2OCCN[C@@H](C2CC2)C(=O)N1C. The van der Waals surface area contributed by atoms with Crippen molar-refractivity contribution in [3.63, 3.8) is 0 Å². The first kappa shape index (κ1) is 29.4. The number of hydrogen-bond donors (Lipinski definition) is 5. The van der Waals surface area contributed by atoms with Gasteiger partial charge in [-0.15, -0.1) is 0 Å². The molecule has 2 aromatic carbocycles. The number of aryl methyl sites for hydroxylation is 1. The summed E-state index contributed by atoms with van der Waals surface area (Å²) in [6, 6.07) is 11.5. The van der Waals surface area contributed by atoms with Gasteiger partial charge in [-0.05, 0) is 67.9 Å². The van der Waals surface area contributed by atoms with Crippen molar-refractivity contribution < 1.29 is 29.3 Å². The van der Waals surface area contributed by atoms with Crippen molar-refractivity contribution in [1.29, 1.82) is 0 Å². The van der Waals surface area contributed by atoms with Gasteiger partial charge < -0.3 is 35.8 Å². The molecule has 0 saturated heterocycles. The van der Waals surface area contributed by atoms with Crippen LogP contribution >= 0.6 is 0 Å². The van der Waals surface area contributed by atoms with Gasteiger partial charge in [0.2, 0.25) is 17.7 Å². The maximum absolute atomic E-state index is 13.6. The fraction of sp³-hybridized carbons (Fsp3) is 0.500. The number of amides is 3. The van der Waals surface area contributed by atoms with Crippen LogP contribution < -0.4 is 20.7 Å². The number of carbonyl (C=O) groups is 3. The number of carbonyl (C=O) groups excluding carboxylic acids is 3. The molecular formula is C30H40N4O6. The number of phenolic OH excluding ortho intramolecular Hbond substituents is 1. The maximum atomic E-state index is 13.6. The number of hydrogen-bond acceptors (Lipinski definition) is 7. The van der Waals surface area contributed by atoms with E-state index in [-0.39, 0.29) is 29.9 Å². The molecule has 3 amide bonds. The van der Waals surface area contributed by atoms with Crippen LogP contribution in [0, 0.1) is 5.92 Å². The van der Waals surface area contributed by atoms with E-state index >= 15 is 0 Å². The minimum Gasteiger partial charge on any atom is -0.508 e. The Hall–Kier alpha value is -3.63. The van der Waals surface area contributed by atoms with Crippen LogP contribution in [0.15, 0.2) is 48.5 Å². The summed E-state index contributed by atoms with van der Waals surface area (Å²) in [6.07, 6.45) is 2.17. The third-order valence-corrected chi connectivity index (χ3v) is 7.48. The van der Waals surface area contributed by atoms with Crippen LogP contribution in [0.1, 0.15) is 37.3 Å². The first-order valence-electron chi connectivity index (χ1n) is 14.0. The molecule has 1 aliphatic carbocycles. The molecule has 2 aromatic rings. The molecule has 216 valence electrons. The molecule has 0 aromatic heterocycles. The highest BCUT2D eigenvalue weighted by Crippen LogP contribution is 2.33. The Morgan fingerprint density at radius 3 is 2.45 bits per heavy atom. The predicted octanol–water partition coefficient (Wildman–Crippen LogP) is 1.14. The summed E-state index contributed by atoms with van der Waals surface area (Å²) in [5, 5.41) is 29.2. The number of aliphatic hydroxyl groups excluding tert-OH is 1. The summed E-state index contributed by atoms with van der Waals surface area (Å²) >= 11 is 0. The van der Waals surface area contributed by atoms with Crippen LogP contribution in [0.2, 0.25) is 0 Å². The van der Waals surface area contributed by atoms with Crippen molar-refractivity contribution in [2.75, 3.05) is 26.7 Å². The Morgan fingerprint density at radius 2 is 1.75 bits per heavy atom. The molecule has 0 radical (unpaired) electrons. The second-order valence-corrected chi connectivity index (χ2v) is 10.7. The number of rotatable bonds is 4. The van der Waals surface area contributed by atoms with Crippen molar-refractivity contribution in [3.05, 3.63) is 59.7 Å². The van der Waals surface area contributed by atoms with Gasteiger partial charge in [-0.25, -0.2) is 0 Å². The number of aliphatic hydroxyl groups is 1. The Labute approximate surface area is 235 Å². The zero-order valence-electron chi connectivity index (χ0n) is 23.1. The van der Waals surface area contributed by atoms with E-state index in [0.29, 0.717) is 32.5 Å². The molecule has 1 heterocycles. The molecule has 1 saturated carbocycles. The Bertz CT molecular complexity index is 1170. The molecule has 0 bridgehead atoms. The van der Waals surface area contributed by atoms with E-state index in [4.69, 9.17) is 4.74 Å². The number of nitrogens with one attached hydrogen (secondary N) is 3. The second-order valence-electron chi connectivity index (χ2n) is 10.7. The highest BCUT2D eigenvalue weighted by molar-refractivity contribution is 5.93. The fourth-order valence-electron chi connectivity index (χ4n) is 5.13. The number of para-hydroxylation sites is 1. The van der Waals surface area contributed by atoms with Crippen molar-refractivity contribution in [1.82, 2.24) is 20.9 Å². The lowest BCUT2D eigenvalue weighted by atomic mass is 10.0. The Kier molecular flexibility index (Phi) is 10.0. The third kappa shape index (κ3) is 7.73. The van der Waals surface area contributed by atoms with Crippen molar-refractivity contribution in [3.8, 4) is 11.5 Å².